The van der Waals surface area contributed by atoms with Crippen LogP contribution in [0.1, 0.15) is 28.8 Å². The molecule has 1 aromatic carbocycles. The number of primary amides is 1. The highest BCUT2D eigenvalue weighted by atomic mass is 19.1. The van der Waals surface area contributed by atoms with Gasteiger partial charge >= 0.3 is 5.97 Å². The molecular weight excluding hydrogens is 267 g/mol. The summed E-state index contributed by atoms with van der Waals surface area (Å²) in [6, 6.07) is 2.64. The second-order valence-electron chi connectivity index (χ2n) is 4.35. The molecule has 20 heavy (non-hydrogen) atoms. The minimum atomic E-state index is -1.31. The standard InChI is InChI=1S/C13H15FN2O4/c1-7-2-3-9(14)8(6-7)12(18)16-10(13(19)20)4-5-11(15)17/h2-3,6,10H,4-5H2,1H3,(H2,15,17)(H,16,18)(H,19,20)/t10-/m1/s1. The van der Waals surface area contributed by atoms with Crippen molar-refractivity contribution in [3.8, 4) is 0 Å². The molecule has 1 rings (SSSR count). The van der Waals surface area contributed by atoms with Gasteiger partial charge in [-0.3, -0.25) is 9.59 Å². The third-order valence-corrected chi connectivity index (χ3v) is 2.65. The first-order valence-corrected chi connectivity index (χ1v) is 5.89. The number of aryl methyl sites for hydroxylation is 1. The molecule has 2 amide bonds. The molecule has 0 aliphatic rings. The summed E-state index contributed by atoms with van der Waals surface area (Å²) in [6.07, 6.45) is -0.336. The number of nitrogens with one attached hydrogen (secondary N) is 1. The molecule has 0 aliphatic carbocycles. The van der Waals surface area contributed by atoms with E-state index in [1.807, 2.05) is 0 Å². The molecule has 0 spiro atoms. The number of carbonyl (C=O) groups excluding carboxylic acids is 2. The number of benzene rings is 1. The van der Waals surface area contributed by atoms with Gasteiger partial charge in [0.25, 0.3) is 5.91 Å². The summed E-state index contributed by atoms with van der Waals surface area (Å²) >= 11 is 0. The van der Waals surface area contributed by atoms with E-state index < -0.39 is 29.6 Å². The van der Waals surface area contributed by atoms with E-state index in [-0.39, 0.29) is 18.4 Å². The number of aliphatic carboxylic acids is 1. The van der Waals surface area contributed by atoms with Gasteiger partial charge in [0.2, 0.25) is 5.91 Å². The van der Waals surface area contributed by atoms with Crippen LogP contribution >= 0.6 is 0 Å². The van der Waals surface area contributed by atoms with Crippen molar-refractivity contribution in [2.45, 2.75) is 25.8 Å². The van der Waals surface area contributed by atoms with Crippen molar-refractivity contribution in [3.05, 3.63) is 35.1 Å². The molecule has 7 heteroatoms. The molecule has 0 bridgehead atoms. The first-order valence-electron chi connectivity index (χ1n) is 5.89. The molecule has 108 valence electrons. The van der Waals surface area contributed by atoms with Gasteiger partial charge in [0.05, 0.1) is 5.56 Å². The lowest BCUT2D eigenvalue weighted by atomic mass is 10.1. The van der Waals surface area contributed by atoms with E-state index in [4.69, 9.17) is 10.8 Å². The molecule has 0 heterocycles. The summed E-state index contributed by atoms with van der Waals surface area (Å²) in [5.74, 6) is -3.57. The minimum absolute atomic E-state index is 0.149. The zero-order valence-corrected chi connectivity index (χ0v) is 10.9. The second kappa shape index (κ2) is 6.65. The first-order chi connectivity index (χ1) is 9.31. The predicted molar refractivity (Wildman–Crippen MR) is 68.5 cm³/mol. The summed E-state index contributed by atoms with van der Waals surface area (Å²) in [5.41, 5.74) is 5.35. The summed E-state index contributed by atoms with van der Waals surface area (Å²) in [6.45, 7) is 1.68. The minimum Gasteiger partial charge on any atom is -0.480 e. The van der Waals surface area contributed by atoms with Gasteiger partial charge in [-0.25, -0.2) is 9.18 Å². The van der Waals surface area contributed by atoms with Crippen LogP contribution in [-0.2, 0) is 9.59 Å². The highest BCUT2D eigenvalue weighted by molar-refractivity contribution is 5.97. The molecule has 4 N–H and O–H groups in total. The number of nitrogens with two attached hydrogens (primary N) is 1. The van der Waals surface area contributed by atoms with Crippen LogP contribution in [-0.4, -0.2) is 28.9 Å². The van der Waals surface area contributed by atoms with E-state index in [0.29, 0.717) is 5.56 Å². The SMILES string of the molecule is Cc1ccc(F)c(C(=O)N[C@H](CCC(N)=O)C(=O)O)c1. The van der Waals surface area contributed by atoms with Crippen LogP contribution in [0.25, 0.3) is 0 Å². The van der Waals surface area contributed by atoms with Crippen molar-refractivity contribution in [1.82, 2.24) is 5.32 Å². The summed E-state index contributed by atoms with van der Waals surface area (Å²) in [5, 5.41) is 11.1. The molecule has 0 aromatic heterocycles. The average molecular weight is 282 g/mol. The smallest absolute Gasteiger partial charge is 0.326 e. The lowest BCUT2D eigenvalue weighted by Gasteiger charge is -2.14. The van der Waals surface area contributed by atoms with Gasteiger partial charge < -0.3 is 16.2 Å². The van der Waals surface area contributed by atoms with E-state index in [0.717, 1.165) is 6.07 Å². The van der Waals surface area contributed by atoms with Crippen LogP contribution in [0.5, 0.6) is 0 Å². The Hall–Kier alpha value is -2.44. The normalized spacial score (nSPS) is 11.7. The topological polar surface area (TPSA) is 109 Å². The Morgan fingerprint density at radius 3 is 2.60 bits per heavy atom. The van der Waals surface area contributed by atoms with Crippen LogP contribution in [0.3, 0.4) is 0 Å². The summed E-state index contributed by atoms with van der Waals surface area (Å²) in [4.78, 5) is 33.5. The molecular formula is C13H15FN2O4. The Morgan fingerprint density at radius 2 is 2.05 bits per heavy atom. The van der Waals surface area contributed by atoms with Gasteiger partial charge in [-0.1, -0.05) is 11.6 Å². The fraction of sp³-hybridized carbons (Fsp3) is 0.308. The number of hydrogen-bond donors (Lipinski definition) is 3. The molecule has 0 unspecified atom stereocenters. The highest BCUT2D eigenvalue weighted by Crippen LogP contribution is 2.10. The quantitative estimate of drug-likeness (QED) is 0.709. The molecule has 0 fully saturated rings. The molecule has 6 nitrogen and oxygen atoms in total. The van der Waals surface area contributed by atoms with E-state index in [2.05, 4.69) is 5.32 Å². The van der Waals surface area contributed by atoms with Gasteiger partial charge in [0, 0.05) is 6.42 Å². The maximum Gasteiger partial charge on any atom is 0.326 e. The van der Waals surface area contributed by atoms with Crippen LogP contribution in [0, 0.1) is 12.7 Å². The number of carboxylic acid groups (broad SMARTS) is 1. The third kappa shape index (κ3) is 4.34. The first kappa shape index (κ1) is 15.6. The maximum absolute atomic E-state index is 13.5. The Balaban J connectivity index is 2.82. The summed E-state index contributed by atoms with van der Waals surface area (Å²) < 4.78 is 13.5. The van der Waals surface area contributed by atoms with Crippen molar-refractivity contribution >= 4 is 17.8 Å². The lowest BCUT2D eigenvalue weighted by molar-refractivity contribution is -0.139. The average Bonchev–Trinajstić information content (AvgIpc) is 2.36. The van der Waals surface area contributed by atoms with Gasteiger partial charge in [-0.05, 0) is 25.5 Å². The van der Waals surface area contributed by atoms with Crippen molar-refractivity contribution in [1.29, 1.82) is 0 Å². The van der Waals surface area contributed by atoms with Crippen LogP contribution in [0.15, 0.2) is 18.2 Å². The van der Waals surface area contributed by atoms with Gasteiger partial charge in [-0.2, -0.15) is 0 Å². The Labute approximate surface area is 114 Å². The van der Waals surface area contributed by atoms with Crippen LogP contribution in [0.4, 0.5) is 4.39 Å². The third-order valence-electron chi connectivity index (χ3n) is 2.65. The van der Waals surface area contributed by atoms with Crippen molar-refractivity contribution < 1.29 is 23.9 Å². The zero-order chi connectivity index (χ0) is 15.3. The van der Waals surface area contributed by atoms with Crippen molar-refractivity contribution in [3.63, 3.8) is 0 Å². The number of carboxylic acids is 1. The Bertz CT molecular complexity index is 545. The fourth-order valence-electron chi connectivity index (χ4n) is 1.59. The molecule has 0 saturated carbocycles. The molecule has 1 aromatic rings. The molecule has 1 atom stereocenters. The van der Waals surface area contributed by atoms with Crippen LogP contribution in [0.2, 0.25) is 0 Å². The van der Waals surface area contributed by atoms with Crippen molar-refractivity contribution in [2.24, 2.45) is 5.73 Å². The summed E-state index contributed by atoms with van der Waals surface area (Å²) in [7, 11) is 0. The van der Waals surface area contributed by atoms with Crippen molar-refractivity contribution in [2.75, 3.05) is 0 Å². The lowest BCUT2D eigenvalue weighted by Crippen LogP contribution is -2.41. The van der Waals surface area contributed by atoms with Crippen LogP contribution < -0.4 is 11.1 Å². The Morgan fingerprint density at radius 1 is 1.40 bits per heavy atom. The van der Waals surface area contributed by atoms with E-state index >= 15 is 0 Å². The molecule has 0 radical (unpaired) electrons. The monoisotopic (exact) mass is 282 g/mol. The highest BCUT2D eigenvalue weighted by Gasteiger charge is 2.22. The number of halogens is 1. The number of carbonyl (C=O) groups is 3. The van der Waals surface area contributed by atoms with E-state index in [9.17, 15) is 18.8 Å². The molecule has 0 aliphatic heterocycles. The predicted octanol–water partition coefficient (Wildman–Crippen LogP) is 0.583. The number of hydrogen-bond acceptors (Lipinski definition) is 3. The Kier molecular flexibility index (Phi) is 5.19. The maximum atomic E-state index is 13.5. The number of rotatable bonds is 6. The van der Waals surface area contributed by atoms with E-state index in [1.54, 1.807) is 6.92 Å². The fourth-order valence-corrected chi connectivity index (χ4v) is 1.59. The zero-order valence-electron chi connectivity index (χ0n) is 10.9. The van der Waals surface area contributed by atoms with Gasteiger partial charge in [0.15, 0.2) is 0 Å². The van der Waals surface area contributed by atoms with Gasteiger partial charge in [-0.15, -0.1) is 0 Å². The number of amides is 2. The molecule has 0 saturated heterocycles. The second-order valence-corrected chi connectivity index (χ2v) is 4.35. The van der Waals surface area contributed by atoms with E-state index in [1.165, 1.54) is 12.1 Å². The largest absolute Gasteiger partial charge is 0.480 e. The van der Waals surface area contributed by atoms with Gasteiger partial charge in [0.1, 0.15) is 11.9 Å².